The molecule has 154 valence electrons. The van der Waals surface area contributed by atoms with Crippen molar-refractivity contribution in [2.45, 2.75) is 11.8 Å². The van der Waals surface area contributed by atoms with E-state index in [9.17, 15) is 18.0 Å². The first-order valence-electron chi connectivity index (χ1n) is 8.93. The van der Waals surface area contributed by atoms with Crippen molar-refractivity contribution in [3.8, 4) is 0 Å². The van der Waals surface area contributed by atoms with Crippen molar-refractivity contribution in [1.29, 1.82) is 0 Å². The number of hydrogen-bond donors (Lipinski definition) is 3. The summed E-state index contributed by atoms with van der Waals surface area (Å²) in [6.45, 7) is 1.86. The number of carbonyl (C=O) groups excluding carboxylic acids is 1. The zero-order valence-electron chi connectivity index (χ0n) is 15.7. The Morgan fingerprint density at radius 2 is 2.00 bits per heavy atom. The minimum absolute atomic E-state index is 0.00979. The summed E-state index contributed by atoms with van der Waals surface area (Å²) in [7, 11) is -3.89. The Bertz CT molecular complexity index is 1460. The van der Waals surface area contributed by atoms with Crippen LogP contribution in [0, 0.1) is 0 Å². The van der Waals surface area contributed by atoms with Gasteiger partial charge in [0, 0.05) is 33.2 Å². The van der Waals surface area contributed by atoms with E-state index < -0.39 is 21.6 Å². The lowest BCUT2D eigenvalue weighted by atomic mass is 10.1. The van der Waals surface area contributed by atoms with Crippen molar-refractivity contribution in [3.05, 3.63) is 69.6 Å². The molecule has 30 heavy (non-hydrogen) atoms. The Hall–Kier alpha value is -3.30. The third-order valence-electron chi connectivity index (χ3n) is 4.50. The van der Waals surface area contributed by atoms with Crippen LogP contribution in [0.3, 0.4) is 0 Å². The molecule has 0 aliphatic heterocycles. The third-order valence-corrected chi connectivity index (χ3v) is 6.11. The highest BCUT2D eigenvalue weighted by Gasteiger charge is 2.19. The number of ether oxygens (including phenoxy) is 1. The Balaban J connectivity index is 1.86. The highest BCUT2D eigenvalue weighted by molar-refractivity contribution is 7.92. The van der Waals surface area contributed by atoms with E-state index in [4.69, 9.17) is 16.3 Å². The van der Waals surface area contributed by atoms with Gasteiger partial charge in [0.05, 0.1) is 17.1 Å². The van der Waals surface area contributed by atoms with Gasteiger partial charge in [0.2, 0.25) is 0 Å². The molecule has 4 aromatic rings. The summed E-state index contributed by atoms with van der Waals surface area (Å²) in [5.74, 6) is -0.583. The first-order valence-corrected chi connectivity index (χ1v) is 10.8. The molecule has 0 spiro atoms. The van der Waals surface area contributed by atoms with Gasteiger partial charge in [0.15, 0.2) is 0 Å². The number of fused-ring (bicyclic) bond motifs is 3. The molecule has 0 unspecified atom stereocenters. The number of nitrogens with one attached hydrogen (secondary N) is 3. The predicted octanol–water partition coefficient (Wildman–Crippen LogP) is 3.64. The van der Waals surface area contributed by atoms with Gasteiger partial charge in [-0.1, -0.05) is 17.7 Å². The molecular formula is C20H16ClN3O5S. The average molecular weight is 446 g/mol. The van der Waals surface area contributed by atoms with Gasteiger partial charge in [-0.15, -0.1) is 0 Å². The van der Waals surface area contributed by atoms with Crippen LogP contribution in [-0.2, 0) is 14.8 Å². The molecule has 0 bridgehead atoms. The largest absolute Gasteiger partial charge is 0.462 e. The fraction of sp³-hybridized carbons (Fsp3) is 0.100. The van der Waals surface area contributed by atoms with Gasteiger partial charge in [0.1, 0.15) is 5.52 Å². The molecule has 2 aromatic heterocycles. The number of benzene rings is 2. The van der Waals surface area contributed by atoms with Crippen molar-refractivity contribution in [2.24, 2.45) is 0 Å². The van der Waals surface area contributed by atoms with Gasteiger partial charge in [0.25, 0.3) is 15.6 Å². The molecule has 0 atom stereocenters. The number of esters is 1. The van der Waals surface area contributed by atoms with E-state index >= 15 is 0 Å². The molecule has 2 heterocycles. The SMILES string of the molecule is CCOC(=O)c1c[nH]c2c(=O)[nH]c3ccc(NS(=O)(=O)c4cccc(Cl)c4)cc3c12. The number of anilines is 1. The van der Waals surface area contributed by atoms with Gasteiger partial charge in [-0.2, -0.15) is 0 Å². The number of carbonyl (C=O) groups is 1. The Morgan fingerprint density at radius 3 is 2.73 bits per heavy atom. The van der Waals surface area contributed by atoms with Crippen molar-refractivity contribution in [2.75, 3.05) is 11.3 Å². The standard InChI is InChI=1S/C20H16ClN3O5S/c1-2-29-20(26)15-10-22-18-17(15)14-9-12(6-7-16(14)23-19(18)25)24-30(27,28)13-5-3-4-11(21)8-13/h3-10,22,24H,2H2,1H3,(H,23,25). The summed E-state index contributed by atoms with van der Waals surface area (Å²) < 4.78 is 33.0. The maximum atomic E-state index is 12.7. The van der Waals surface area contributed by atoms with Gasteiger partial charge in [-0.25, -0.2) is 13.2 Å². The molecule has 10 heteroatoms. The molecule has 2 aromatic carbocycles. The molecule has 0 amide bonds. The van der Waals surface area contributed by atoms with Gasteiger partial charge in [-0.05, 0) is 43.3 Å². The van der Waals surface area contributed by atoms with Gasteiger partial charge < -0.3 is 14.7 Å². The van der Waals surface area contributed by atoms with E-state index in [-0.39, 0.29) is 28.3 Å². The lowest BCUT2D eigenvalue weighted by Gasteiger charge is -2.10. The van der Waals surface area contributed by atoms with E-state index in [1.807, 2.05) is 0 Å². The van der Waals surface area contributed by atoms with Crippen LogP contribution >= 0.6 is 11.6 Å². The molecule has 0 saturated carbocycles. The number of halogens is 1. The van der Waals surface area contributed by atoms with E-state index in [1.54, 1.807) is 25.1 Å². The van der Waals surface area contributed by atoms with Crippen LogP contribution in [0.1, 0.15) is 17.3 Å². The topological polar surface area (TPSA) is 121 Å². The molecule has 8 nitrogen and oxygen atoms in total. The molecule has 0 radical (unpaired) electrons. The second-order valence-electron chi connectivity index (χ2n) is 6.45. The first-order chi connectivity index (χ1) is 14.3. The van der Waals surface area contributed by atoms with Gasteiger partial charge in [-0.3, -0.25) is 9.52 Å². The van der Waals surface area contributed by atoms with Crippen molar-refractivity contribution >= 4 is 55.1 Å². The molecular weight excluding hydrogens is 430 g/mol. The van der Waals surface area contributed by atoms with Crippen LogP contribution in [0.25, 0.3) is 21.8 Å². The van der Waals surface area contributed by atoms with Crippen LogP contribution < -0.4 is 10.3 Å². The summed E-state index contributed by atoms with van der Waals surface area (Å²) in [5.41, 5.74) is 0.689. The van der Waals surface area contributed by atoms with Crippen LogP contribution in [0.15, 0.2) is 58.4 Å². The monoisotopic (exact) mass is 445 g/mol. The maximum absolute atomic E-state index is 12.7. The minimum Gasteiger partial charge on any atom is -0.462 e. The zero-order valence-corrected chi connectivity index (χ0v) is 17.2. The highest BCUT2D eigenvalue weighted by atomic mass is 35.5. The summed E-state index contributed by atoms with van der Waals surface area (Å²) in [4.78, 5) is 30.2. The van der Waals surface area contributed by atoms with E-state index in [1.165, 1.54) is 30.5 Å². The summed E-state index contributed by atoms with van der Waals surface area (Å²) in [6.07, 6.45) is 1.40. The normalized spacial score (nSPS) is 11.7. The number of rotatable bonds is 5. The van der Waals surface area contributed by atoms with Crippen molar-refractivity contribution in [1.82, 2.24) is 9.97 Å². The third kappa shape index (κ3) is 3.53. The number of pyridine rings is 1. The van der Waals surface area contributed by atoms with Gasteiger partial charge >= 0.3 is 5.97 Å². The Morgan fingerprint density at radius 1 is 1.20 bits per heavy atom. The minimum atomic E-state index is -3.89. The lowest BCUT2D eigenvalue weighted by Crippen LogP contribution is -2.13. The van der Waals surface area contributed by atoms with Crippen LogP contribution in [0.2, 0.25) is 5.02 Å². The average Bonchev–Trinajstić information content (AvgIpc) is 3.15. The lowest BCUT2D eigenvalue weighted by molar-refractivity contribution is 0.0529. The number of sulfonamides is 1. The van der Waals surface area contributed by atoms with Crippen LogP contribution in [0.5, 0.6) is 0 Å². The highest BCUT2D eigenvalue weighted by Crippen LogP contribution is 2.29. The van der Waals surface area contributed by atoms with Crippen molar-refractivity contribution in [3.63, 3.8) is 0 Å². The predicted molar refractivity (Wildman–Crippen MR) is 115 cm³/mol. The number of aromatic nitrogens is 2. The smallest absolute Gasteiger partial charge is 0.340 e. The first kappa shape index (κ1) is 20.0. The summed E-state index contributed by atoms with van der Waals surface area (Å²) in [5, 5.41) is 1.14. The zero-order chi connectivity index (χ0) is 21.5. The molecule has 0 saturated heterocycles. The second kappa shape index (κ2) is 7.51. The number of hydrogen-bond acceptors (Lipinski definition) is 5. The quantitative estimate of drug-likeness (QED) is 0.405. The molecule has 0 fully saturated rings. The molecule has 4 rings (SSSR count). The fourth-order valence-corrected chi connectivity index (χ4v) is 4.56. The van der Waals surface area contributed by atoms with E-state index in [0.717, 1.165) is 0 Å². The summed E-state index contributed by atoms with van der Waals surface area (Å²) in [6, 6.07) is 10.5. The van der Waals surface area contributed by atoms with Crippen LogP contribution in [-0.4, -0.2) is 31.0 Å². The van der Waals surface area contributed by atoms with Crippen molar-refractivity contribution < 1.29 is 17.9 Å². The number of aromatic amines is 2. The molecule has 0 aliphatic rings. The summed E-state index contributed by atoms with van der Waals surface area (Å²) >= 11 is 5.90. The van der Waals surface area contributed by atoms with E-state index in [2.05, 4.69) is 14.7 Å². The second-order valence-corrected chi connectivity index (χ2v) is 8.57. The van der Waals surface area contributed by atoms with E-state index in [0.29, 0.717) is 21.3 Å². The maximum Gasteiger partial charge on any atom is 0.340 e. The molecule has 0 aliphatic carbocycles. The number of H-pyrrole nitrogens is 2. The Kier molecular flexibility index (Phi) is 5.00. The molecule has 3 N–H and O–H groups in total. The van der Waals surface area contributed by atoms with Crippen LogP contribution in [0.4, 0.5) is 5.69 Å². The Labute approximate surface area is 175 Å². The fourth-order valence-electron chi connectivity index (χ4n) is 3.21.